The Labute approximate surface area is 268 Å². The standard InChI is InChI=1S/C35H32F4N6O2/c1-2-23-26(36)7-4-19-10-22(46)11-24(27(19)23)29-28(37)30-25(12-40-29)31(44-13-20-5-6-21(14-44)41-20)43-32(42-30)47-18-34-8-3-9-45(34)17-33(15-34)16-35(33,38)39/h1,4,7,10-12,20-21,41,46H,3,5-6,8-9,13-18H2/t20-,21+,33?,34?. The van der Waals surface area contributed by atoms with Crippen molar-refractivity contribution in [3.8, 4) is 35.4 Å². The lowest BCUT2D eigenvalue weighted by Gasteiger charge is -2.34. The summed E-state index contributed by atoms with van der Waals surface area (Å²) in [5, 5.41) is 15.2. The van der Waals surface area contributed by atoms with Crippen LogP contribution in [0, 0.1) is 29.4 Å². The lowest BCUT2D eigenvalue weighted by Crippen LogP contribution is -2.51. The van der Waals surface area contributed by atoms with Crippen molar-refractivity contribution in [2.75, 3.05) is 37.7 Å². The fraction of sp³-hybridized carbons (Fsp3) is 0.457. The molecule has 2 aromatic heterocycles. The molecule has 2 N–H and O–H groups in total. The molecule has 47 heavy (non-hydrogen) atoms. The van der Waals surface area contributed by atoms with Crippen molar-refractivity contribution in [2.45, 2.75) is 62.1 Å². The fourth-order valence-electron chi connectivity index (χ4n) is 8.89. The van der Waals surface area contributed by atoms with Crippen LogP contribution >= 0.6 is 0 Å². The molecule has 9 rings (SSSR count). The van der Waals surface area contributed by atoms with E-state index in [1.807, 2.05) is 0 Å². The number of phenols is 1. The third kappa shape index (κ3) is 4.32. The van der Waals surface area contributed by atoms with Crippen LogP contribution in [0.2, 0.25) is 0 Å². The average molecular weight is 645 g/mol. The summed E-state index contributed by atoms with van der Waals surface area (Å²) in [6, 6.07) is 5.89. The molecule has 4 aliphatic heterocycles. The van der Waals surface area contributed by atoms with Crippen molar-refractivity contribution >= 4 is 27.5 Å². The molecular formula is C35H32F4N6O2. The highest BCUT2D eigenvalue weighted by molar-refractivity contribution is 6.03. The molecule has 0 radical (unpaired) electrons. The van der Waals surface area contributed by atoms with Gasteiger partial charge in [0.1, 0.15) is 35.2 Å². The van der Waals surface area contributed by atoms with E-state index in [2.05, 4.69) is 31.0 Å². The first-order valence-electron chi connectivity index (χ1n) is 16.1. The Morgan fingerprint density at radius 3 is 2.64 bits per heavy atom. The van der Waals surface area contributed by atoms with Crippen LogP contribution in [-0.4, -0.2) is 81.3 Å². The number of hydrogen-bond acceptors (Lipinski definition) is 8. The number of aromatic nitrogens is 3. The molecule has 0 amide bonds. The molecule has 1 aliphatic carbocycles. The minimum absolute atomic E-state index is 0.0460. The average Bonchev–Trinajstić information content (AvgIpc) is 3.37. The smallest absolute Gasteiger partial charge is 0.319 e. The maximum atomic E-state index is 16.8. The highest BCUT2D eigenvalue weighted by Gasteiger charge is 2.77. The van der Waals surface area contributed by atoms with Crippen molar-refractivity contribution in [3.63, 3.8) is 0 Å². The molecule has 8 nitrogen and oxygen atoms in total. The lowest BCUT2D eigenvalue weighted by atomic mass is 9.89. The van der Waals surface area contributed by atoms with Crippen LogP contribution in [-0.2, 0) is 0 Å². The number of benzene rings is 2. The molecule has 12 heteroatoms. The third-order valence-electron chi connectivity index (χ3n) is 11.2. The number of alkyl halides is 2. The number of pyridine rings is 1. The Morgan fingerprint density at radius 1 is 1.11 bits per heavy atom. The van der Waals surface area contributed by atoms with Crippen LogP contribution in [0.25, 0.3) is 32.9 Å². The van der Waals surface area contributed by atoms with Gasteiger partial charge < -0.3 is 20.1 Å². The number of anilines is 1. The molecule has 4 atom stereocenters. The molecule has 4 aromatic rings. The number of ether oxygens (including phenoxy) is 1. The first kappa shape index (κ1) is 29.0. The minimum atomic E-state index is -2.66. The molecule has 242 valence electrons. The summed E-state index contributed by atoms with van der Waals surface area (Å²) in [5.41, 5.74) is -1.71. The van der Waals surface area contributed by atoms with E-state index in [1.54, 1.807) is 0 Å². The van der Waals surface area contributed by atoms with Crippen molar-refractivity contribution in [1.29, 1.82) is 0 Å². The summed E-state index contributed by atoms with van der Waals surface area (Å²) in [6.07, 6.45) is 11.1. The predicted molar refractivity (Wildman–Crippen MR) is 168 cm³/mol. The van der Waals surface area contributed by atoms with Crippen LogP contribution in [0.3, 0.4) is 0 Å². The Morgan fingerprint density at radius 2 is 1.89 bits per heavy atom. The molecule has 4 saturated heterocycles. The van der Waals surface area contributed by atoms with Gasteiger partial charge in [-0.3, -0.25) is 9.88 Å². The molecular weight excluding hydrogens is 612 g/mol. The number of fused-ring (bicyclic) bond motifs is 5. The fourth-order valence-corrected chi connectivity index (χ4v) is 8.89. The number of phenolic OH excluding ortho intramolecular Hbond substituents is 1. The second-order valence-corrected chi connectivity index (χ2v) is 14.1. The highest BCUT2D eigenvalue weighted by Crippen LogP contribution is 2.69. The van der Waals surface area contributed by atoms with Gasteiger partial charge >= 0.3 is 6.01 Å². The number of piperazine rings is 1. The van der Waals surface area contributed by atoms with E-state index < -0.39 is 28.5 Å². The number of nitrogens with zero attached hydrogens (tertiary/aromatic N) is 5. The monoisotopic (exact) mass is 644 g/mol. The molecule has 2 bridgehead atoms. The Bertz CT molecular complexity index is 2020. The van der Waals surface area contributed by atoms with E-state index >= 15 is 4.39 Å². The van der Waals surface area contributed by atoms with Crippen molar-refractivity contribution in [2.24, 2.45) is 5.41 Å². The molecule has 2 unspecified atom stereocenters. The van der Waals surface area contributed by atoms with Gasteiger partial charge in [-0.25, -0.2) is 17.6 Å². The normalized spacial score (nSPS) is 29.1. The van der Waals surface area contributed by atoms with Gasteiger partial charge in [-0.1, -0.05) is 12.0 Å². The quantitative estimate of drug-likeness (QED) is 0.221. The van der Waals surface area contributed by atoms with Crippen LogP contribution in [0.1, 0.15) is 44.1 Å². The van der Waals surface area contributed by atoms with Gasteiger partial charge in [-0.15, -0.1) is 6.42 Å². The van der Waals surface area contributed by atoms with E-state index in [1.165, 1.54) is 30.5 Å². The van der Waals surface area contributed by atoms with Gasteiger partial charge in [0, 0.05) is 55.3 Å². The van der Waals surface area contributed by atoms with E-state index in [0.29, 0.717) is 42.6 Å². The number of hydrogen-bond donors (Lipinski definition) is 2. The zero-order chi connectivity index (χ0) is 32.3. The number of nitrogens with one attached hydrogen (secondary N) is 1. The van der Waals surface area contributed by atoms with E-state index in [-0.39, 0.29) is 64.6 Å². The maximum absolute atomic E-state index is 16.8. The summed E-state index contributed by atoms with van der Waals surface area (Å²) >= 11 is 0. The van der Waals surface area contributed by atoms with E-state index in [0.717, 1.165) is 32.2 Å². The second kappa shape index (κ2) is 9.90. The summed E-state index contributed by atoms with van der Waals surface area (Å²) in [4.78, 5) is 18.1. The van der Waals surface area contributed by atoms with Crippen LogP contribution < -0.4 is 15.0 Å². The Hall–Kier alpha value is -4.21. The second-order valence-electron chi connectivity index (χ2n) is 14.1. The number of halogens is 4. The SMILES string of the molecule is C#Cc1c(F)ccc2cc(O)cc(-c3ncc4c(N5C[C@H]6CC[C@@H](C5)N6)nc(OCC56CCCN5CC5(C6)CC5(F)F)nc4c3F)c12. The molecule has 5 aliphatic rings. The van der Waals surface area contributed by atoms with Crippen molar-refractivity contribution in [3.05, 3.63) is 47.7 Å². The Kier molecular flexibility index (Phi) is 6.10. The van der Waals surface area contributed by atoms with Crippen molar-refractivity contribution in [1.82, 2.24) is 25.2 Å². The first-order chi connectivity index (χ1) is 22.6. The summed E-state index contributed by atoms with van der Waals surface area (Å²) in [6.45, 7) is 2.50. The van der Waals surface area contributed by atoms with Crippen LogP contribution in [0.15, 0.2) is 30.5 Å². The zero-order valence-corrected chi connectivity index (χ0v) is 25.5. The van der Waals surface area contributed by atoms with Gasteiger partial charge in [0.05, 0.1) is 21.9 Å². The summed E-state index contributed by atoms with van der Waals surface area (Å²) in [5.74, 6) is -1.44. The van der Waals surface area contributed by atoms with Gasteiger partial charge in [0.25, 0.3) is 5.92 Å². The van der Waals surface area contributed by atoms with Crippen LogP contribution in [0.4, 0.5) is 23.4 Å². The zero-order valence-electron chi connectivity index (χ0n) is 25.5. The summed E-state index contributed by atoms with van der Waals surface area (Å²) < 4.78 is 66.9. The lowest BCUT2D eigenvalue weighted by molar-refractivity contribution is 0.0647. The predicted octanol–water partition coefficient (Wildman–Crippen LogP) is 5.39. The largest absolute Gasteiger partial charge is 0.508 e. The summed E-state index contributed by atoms with van der Waals surface area (Å²) in [7, 11) is 0. The third-order valence-corrected chi connectivity index (χ3v) is 11.2. The topological polar surface area (TPSA) is 86.6 Å². The highest BCUT2D eigenvalue weighted by atomic mass is 19.3. The molecule has 1 saturated carbocycles. The number of rotatable bonds is 5. The Balaban J connectivity index is 1.16. The minimum Gasteiger partial charge on any atom is -0.508 e. The maximum Gasteiger partial charge on any atom is 0.319 e. The number of aromatic hydroxyl groups is 1. The van der Waals surface area contributed by atoms with Crippen LogP contribution in [0.5, 0.6) is 11.8 Å². The van der Waals surface area contributed by atoms with E-state index in [4.69, 9.17) is 16.1 Å². The molecule has 1 spiro atoms. The first-order valence-corrected chi connectivity index (χ1v) is 16.1. The van der Waals surface area contributed by atoms with Gasteiger partial charge in [0.2, 0.25) is 0 Å². The van der Waals surface area contributed by atoms with Crippen molar-refractivity contribution < 1.29 is 27.4 Å². The number of terminal acetylenes is 1. The van der Waals surface area contributed by atoms with Gasteiger partial charge in [-0.2, -0.15) is 9.97 Å². The van der Waals surface area contributed by atoms with Gasteiger partial charge in [-0.05, 0) is 62.2 Å². The molecule has 5 fully saturated rings. The molecule has 6 heterocycles. The van der Waals surface area contributed by atoms with Gasteiger partial charge in [0.15, 0.2) is 5.82 Å². The van der Waals surface area contributed by atoms with E-state index in [9.17, 15) is 18.3 Å². The molecule has 2 aromatic carbocycles.